The number of halogens is 4. The van der Waals surface area contributed by atoms with E-state index < -0.39 is 0 Å². The lowest BCUT2D eigenvalue weighted by Crippen LogP contribution is -2.24. The monoisotopic (exact) mass is 630 g/mol. The summed E-state index contributed by atoms with van der Waals surface area (Å²) in [6.45, 7) is 1.54. The highest BCUT2D eigenvalue weighted by molar-refractivity contribution is 9.10. The van der Waals surface area contributed by atoms with Gasteiger partial charge in [-0.15, -0.1) is 23.2 Å². The lowest BCUT2D eigenvalue weighted by atomic mass is 10.0. The third kappa shape index (κ3) is 7.20. The van der Waals surface area contributed by atoms with Crippen molar-refractivity contribution < 1.29 is 9.31 Å². The molecule has 1 heterocycles. The highest BCUT2D eigenvalue weighted by atomic mass is 79.9. The molecular formula is C29H24Br2Cl2NO+. The van der Waals surface area contributed by atoms with Crippen molar-refractivity contribution in [2.75, 3.05) is 24.8 Å². The molecule has 0 aromatic heterocycles. The zero-order valence-electron chi connectivity index (χ0n) is 18.9. The molecular weight excluding hydrogens is 609 g/mol. The van der Waals surface area contributed by atoms with E-state index in [1.54, 1.807) is 0 Å². The van der Waals surface area contributed by atoms with Gasteiger partial charge in [0.05, 0.1) is 11.8 Å². The van der Waals surface area contributed by atoms with Gasteiger partial charge in [-0.2, -0.15) is 0 Å². The van der Waals surface area contributed by atoms with Crippen molar-refractivity contribution in [3.63, 3.8) is 0 Å². The molecule has 0 spiro atoms. The zero-order valence-corrected chi connectivity index (χ0v) is 23.6. The quantitative estimate of drug-likeness (QED) is 0.220. The van der Waals surface area contributed by atoms with Gasteiger partial charge >= 0.3 is 0 Å². The van der Waals surface area contributed by atoms with Crippen LogP contribution in [-0.2, 0) is 4.74 Å². The van der Waals surface area contributed by atoms with Crippen molar-refractivity contribution in [1.29, 1.82) is 0 Å². The summed E-state index contributed by atoms with van der Waals surface area (Å²) in [6, 6.07) is 16.4. The van der Waals surface area contributed by atoms with E-state index in [1.807, 2.05) is 42.5 Å². The van der Waals surface area contributed by atoms with Crippen LogP contribution in [0.25, 0.3) is 11.3 Å². The fraction of sp³-hybridized carbons (Fsp3) is 0.138. The molecule has 0 fully saturated rings. The number of ether oxygens (including phenoxy) is 1. The summed E-state index contributed by atoms with van der Waals surface area (Å²) in [7, 11) is 0. The number of hydrogen-bond acceptors (Lipinski definition) is 1. The van der Waals surface area contributed by atoms with Crippen molar-refractivity contribution in [3.05, 3.63) is 129 Å². The summed E-state index contributed by atoms with van der Waals surface area (Å²) in [6.07, 6.45) is 16.6. The Bertz CT molecular complexity index is 1250. The minimum Gasteiger partial charge on any atom is -0.457 e. The van der Waals surface area contributed by atoms with E-state index in [0.717, 1.165) is 61.5 Å². The summed E-state index contributed by atoms with van der Waals surface area (Å²) in [4.78, 5) is 0. The van der Waals surface area contributed by atoms with E-state index >= 15 is 0 Å². The molecule has 0 unspecified atom stereocenters. The largest absolute Gasteiger partial charge is 0.457 e. The average Bonchev–Trinajstić information content (AvgIpc) is 2.88. The molecule has 2 aliphatic rings. The molecule has 2 aromatic rings. The first kappa shape index (κ1) is 26.0. The molecule has 2 nitrogen and oxygen atoms in total. The van der Waals surface area contributed by atoms with Gasteiger partial charge in [0.1, 0.15) is 11.5 Å². The van der Waals surface area contributed by atoms with Crippen molar-refractivity contribution in [2.24, 2.45) is 0 Å². The molecule has 0 atom stereocenters. The van der Waals surface area contributed by atoms with Gasteiger partial charge in [0, 0.05) is 26.7 Å². The first-order valence-corrected chi connectivity index (χ1v) is 13.9. The Morgan fingerprint density at radius 2 is 1.29 bits per heavy atom. The highest BCUT2D eigenvalue weighted by Crippen LogP contribution is 2.32. The molecule has 2 aromatic carbocycles. The minimum absolute atomic E-state index is 0.565. The van der Waals surface area contributed by atoms with Crippen molar-refractivity contribution >= 4 is 72.1 Å². The van der Waals surface area contributed by atoms with Crippen LogP contribution in [0.5, 0.6) is 0 Å². The van der Waals surface area contributed by atoms with Crippen molar-refractivity contribution in [3.8, 4) is 0 Å². The standard InChI is InChI=1S/C29H24Br2Cl2NO/c30-25-8-4-22(5-9-25)24-19-28(35-29(20-24)23-6-10-26(31)11-7-23)14-3-21-1-12-27(13-2-21)34(17-15-32)18-16-33/h1-14,19-20H,15-18H2/q+1/b28-14+. The van der Waals surface area contributed by atoms with Gasteiger partial charge in [-0.05, 0) is 71.4 Å². The highest BCUT2D eigenvalue weighted by Gasteiger charge is 2.15. The second kappa shape index (κ2) is 12.7. The molecule has 0 amide bonds. The molecule has 0 radical (unpaired) electrons. The number of hydrogen-bond donors (Lipinski definition) is 0. The van der Waals surface area contributed by atoms with Gasteiger partial charge in [-0.1, -0.05) is 62.2 Å². The maximum atomic E-state index is 6.29. The number of alkyl halides is 2. The Kier molecular flexibility index (Phi) is 9.45. The Hall–Kier alpha value is -2.11. The summed E-state index contributed by atoms with van der Waals surface area (Å²) < 4.78 is 10.6. The molecule has 178 valence electrons. The summed E-state index contributed by atoms with van der Waals surface area (Å²) in [5.74, 6) is 2.72. The van der Waals surface area contributed by atoms with Gasteiger partial charge in [0.2, 0.25) is 0 Å². The third-order valence-corrected chi connectivity index (χ3v) is 6.92. The van der Waals surface area contributed by atoms with Crippen LogP contribution in [0.1, 0.15) is 11.1 Å². The minimum atomic E-state index is 0.565. The van der Waals surface area contributed by atoms with Crippen LogP contribution < -0.4 is 0 Å². The van der Waals surface area contributed by atoms with E-state index in [-0.39, 0.29) is 0 Å². The lowest BCUT2D eigenvalue weighted by Gasteiger charge is -2.18. The maximum Gasteiger partial charge on any atom is 0.199 e. The predicted molar refractivity (Wildman–Crippen MR) is 156 cm³/mol. The van der Waals surface area contributed by atoms with Crippen LogP contribution in [0.3, 0.4) is 0 Å². The van der Waals surface area contributed by atoms with E-state index in [0.29, 0.717) is 11.8 Å². The van der Waals surface area contributed by atoms with E-state index in [1.165, 1.54) is 0 Å². The van der Waals surface area contributed by atoms with Crippen LogP contribution in [-0.4, -0.2) is 35.1 Å². The van der Waals surface area contributed by atoms with E-state index in [4.69, 9.17) is 27.9 Å². The topological polar surface area (TPSA) is 12.2 Å². The zero-order chi connectivity index (χ0) is 24.6. The summed E-state index contributed by atoms with van der Waals surface area (Å²) >= 11 is 18.9. The normalized spacial score (nSPS) is 16.2. The number of nitrogens with zero attached hydrogens (tertiary/aromatic N) is 1. The summed E-state index contributed by atoms with van der Waals surface area (Å²) in [5, 5.41) is 0. The van der Waals surface area contributed by atoms with Crippen LogP contribution in [0.4, 0.5) is 0 Å². The van der Waals surface area contributed by atoms with Gasteiger partial charge in [-0.25, -0.2) is 4.58 Å². The van der Waals surface area contributed by atoms with Crippen molar-refractivity contribution in [2.45, 2.75) is 0 Å². The van der Waals surface area contributed by atoms with Crippen LogP contribution in [0.15, 0.2) is 117 Å². The number of rotatable bonds is 7. The molecule has 35 heavy (non-hydrogen) atoms. The maximum absolute atomic E-state index is 6.29. The van der Waals surface area contributed by atoms with Gasteiger partial charge in [0.25, 0.3) is 0 Å². The molecule has 1 aliphatic heterocycles. The first-order valence-electron chi connectivity index (χ1n) is 11.2. The smallest absolute Gasteiger partial charge is 0.199 e. The lowest BCUT2D eigenvalue weighted by molar-refractivity contribution is -0.517. The van der Waals surface area contributed by atoms with Crippen LogP contribution >= 0.6 is 55.1 Å². The molecule has 0 saturated carbocycles. The fourth-order valence-corrected chi connectivity index (χ4v) is 4.66. The molecule has 6 heteroatoms. The predicted octanol–water partition coefficient (Wildman–Crippen LogP) is 8.53. The molecule has 4 rings (SSSR count). The Morgan fingerprint density at radius 1 is 0.714 bits per heavy atom. The van der Waals surface area contributed by atoms with Gasteiger partial charge < -0.3 is 4.74 Å². The Labute approximate surface area is 233 Å². The molecule has 0 saturated heterocycles. The first-order chi connectivity index (χ1) is 17.1. The number of allylic oxidation sites excluding steroid dienone is 10. The summed E-state index contributed by atoms with van der Waals surface area (Å²) in [5.41, 5.74) is 5.43. The van der Waals surface area contributed by atoms with Gasteiger partial charge in [-0.3, -0.25) is 0 Å². The fourth-order valence-electron chi connectivity index (χ4n) is 3.72. The van der Waals surface area contributed by atoms with E-state index in [9.17, 15) is 0 Å². The van der Waals surface area contributed by atoms with Crippen molar-refractivity contribution in [1.82, 2.24) is 0 Å². The second-order valence-electron chi connectivity index (χ2n) is 7.92. The average molecular weight is 633 g/mol. The van der Waals surface area contributed by atoms with E-state index in [2.05, 4.69) is 91.1 Å². The number of benzene rings is 2. The second-order valence-corrected chi connectivity index (χ2v) is 10.5. The SMILES string of the molecule is ClCC[N+](CCCl)=C1C=CC(=C/C=C2\C=C(c3ccc(Br)cc3)C=C(c3ccc(Br)cc3)O2)C=C1. The Balaban J connectivity index is 1.63. The molecule has 0 N–H and O–H groups in total. The van der Waals surface area contributed by atoms with Crippen LogP contribution in [0, 0.1) is 0 Å². The third-order valence-electron chi connectivity index (χ3n) is 5.53. The Morgan fingerprint density at radius 3 is 1.86 bits per heavy atom. The molecule has 0 bridgehead atoms. The van der Waals surface area contributed by atoms with Gasteiger partial charge in [0.15, 0.2) is 18.8 Å². The molecule has 1 aliphatic carbocycles. The van der Waals surface area contributed by atoms with Crippen LogP contribution in [0.2, 0.25) is 0 Å².